The van der Waals surface area contributed by atoms with Crippen LogP contribution in [-0.2, 0) is 4.74 Å². The molecule has 2 nitrogen and oxygen atoms in total. The first-order valence-electron chi connectivity index (χ1n) is 4.66. The molecule has 1 fully saturated rings. The Bertz CT molecular complexity index is 245. The van der Waals surface area contributed by atoms with Crippen LogP contribution in [0.1, 0.15) is 12.8 Å². The zero-order valence-corrected chi connectivity index (χ0v) is 8.53. The predicted molar refractivity (Wildman–Crippen MR) is 49.7 cm³/mol. The smallest absolute Gasteiger partial charge is 0.516 e. The molecule has 0 spiro atoms. The maximum atomic E-state index is 5.76. The first-order chi connectivity index (χ1) is 6.45. The molecule has 1 aliphatic heterocycles. The molecule has 0 aliphatic carbocycles. The molecule has 0 atom stereocenters. The maximum Gasteiger partial charge on any atom is 1.00 e. The summed E-state index contributed by atoms with van der Waals surface area (Å²) in [5.41, 5.74) is 0. The number of rotatable bonds is 2. The zero-order chi connectivity index (χ0) is 8.93. The molecule has 2 rings (SSSR count). The third kappa shape index (κ3) is 3.38. The van der Waals surface area contributed by atoms with Gasteiger partial charge in [-0.1, -0.05) is 0 Å². The van der Waals surface area contributed by atoms with E-state index in [9.17, 15) is 0 Å². The summed E-state index contributed by atoms with van der Waals surface area (Å²) in [6.07, 6.45) is 2.33. The molecular formula is C11H13LiO2. The molecule has 1 heterocycles. The summed E-state index contributed by atoms with van der Waals surface area (Å²) in [6, 6.07) is 10.6. The van der Waals surface area contributed by atoms with Gasteiger partial charge < -0.3 is 9.47 Å². The van der Waals surface area contributed by atoms with E-state index in [4.69, 9.17) is 9.47 Å². The minimum Gasteiger partial charge on any atom is -0.516 e. The third-order valence-corrected chi connectivity index (χ3v) is 2.16. The summed E-state index contributed by atoms with van der Waals surface area (Å²) >= 11 is 0. The summed E-state index contributed by atoms with van der Waals surface area (Å²) in [5.74, 6) is 0.936. The molecule has 0 unspecified atom stereocenters. The van der Waals surface area contributed by atoms with Crippen LogP contribution in [0, 0.1) is 6.07 Å². The molecular weight excluding hydrogens is 171 g/mol. The number of hydrogen-bond acceptors (Lipinski definition) is 2. The van der Waals surface area contributed by atoms with E-state index in [1.54, 1.807) is 0 Å². The fraction of sp³-hybridized carbons (Fsp3) is 0.455. The average molecular weight is 184 g/mol. The quantitative estimate of drug-likeness (QED) is 0.436. The molecule has 1 aromatic rings. The maximum absolute atomic E-state index is 5.76. The predicted octanol–water partition coefficient (Wildman–Crippen LogP) is -0.951. The van der Waals surface area contributed by atoms with E-state index in [0.717, 1.165) is 31.8 Å². The van der Waals surface area contributed by atoms with Crippen molar-refractivity contribution in [3.05, 3.63) is 30.3 Å². The normalized spacial score (nSPS) is 17.1. The van der Waals surface area contributed by atoms with Gasteiger partial charge in [0, 0.05) is 18.6 Å². The van der Waals surface area contributed by atoms with Crippen LogP contribution in [0.15, 0.2) is 24.3 Å². The van der Waals surface area contributed by atoms with Crippen molar-refractivity contribution in [3.63, 3.8) is 0 Å². The van der Waals surface area contributed by atoms with Gasteiger partial charge in [0.15, 0.2) is 0 Å². The van der Waals surface area contributed by atoms with Crippen LogP contribution in [0.2, 0.25) is 0 Å². The summed E-state index contributed by atoms with van der Waals surface area (Å²) in [6.45, 7) is 1.65. The second kappa shape index (κ2) is 6.13. The van der Waals surface area contributed by atoms with Gasteiger partial charge in [-0.05, 0) is 0 Å². The molecule has 14 heavy (non-hydrogen) atoms. The van der Waals surface area contributed by atoms with E-state index in [1.807, 2.05) is 24.3 Å². The summed E-state index contributed by atoms with van der Waals surface area (Å²) < 4.78 is 11.0. The van der Waals surface area contributed by atoms with E-state index in [2.05, 4.69) is 6.07 Å². The molecule has 0 amide bonds. The van der Waals surface area contributed by atoms with Gasteiger partial charge >= 0.3 is 18.9 Å². The zero-order valence-electron chi connectivity index (χ0n) is 8.53. The second-order valence-electron chi connectivity index (χ2n) is 3.17. The molecule has 0 aromatic heterocycles. The van der Waals surface area contributed by atoms with E-state index in [0.29, 0.717) is 6.10 Å². The average Bonchev–Trinajstić information content (AvgIpc) is 2.21. The molecule has 1 aromatic carbocycles. The van der Waals surface area contributed by atoms with Crippen LogP contribution in [-0.4, -0.2) is 19.3 Å². The Morgan fingerprint density at radius 3 is 2.50 bits per heavy atom. The van der Waals surface area contributed by atoms with Crippen LogP contribution in [0.4, 0.5) is 0 Å². The number of benzene rings is 1. The van der Waals surface area contributed by atoms with Crippen molar-refractivity contribution in [1.29, 1.82) is 0 Å². The Morgan fingerprint density at radius 1 is 1.21 bits per heavy atom. The van der Waals surface area contributed by atoms with E-state index in [1.165, 1.54) is 0 Å². The first-order valence-corrected chi connectivity index (χ1v) is 4.66. The van der Waals surface area contributed by atoms with Crippen molar-refractivity contribution in [2.75, 3.05) is 13.2 Å². The molecule has 0 bridgehead atoms. The molecule has 0 saturated carbocycles. The largest absolute Gasteiger partial charge is 1.00 e. The summed E-state index contributed by atoms with van der Waals surface area (Å²) in [5, 5.41) is 0. The molecule has 0 radical (unpaired) electrons. The minimum absolute atomic E-state index is 0. The third-order valence-electron chi connectivity index (χ3n) is 2.16. The molecule has 0 N–H and O–H groups in total. The molecule has 1 saturated heterocycles. The van der Waals surface area contributed by atoms with E-state index in [-0.39, 0.29) is 18.9 Å². The molecule has 70 valence electrons. The SMILES string of the molecule is [Li+].[c-]1ccc(OC2CCOCC2)cc1. The topological polar surface area (TPSA) is 18.5 Å². The van der Waals surface area contributed by atoms with Crippen molar-refractivity contribution in [3.8, 4) is 5.75 Å². The van der Waals surface area contributed by atoms with Crippen molar-refractivity contribution >= 4 is 0 Å². The first kappa shape index (κ1) is 11.7. The van der Waals surface area contributed by atoms with Crippen molar-refractivity contribution < 1.29 is 28.3 Å². The monoisotopic (exact) mass is 184 g/mol. The summed E-state index contributed by atoms with van der Waals surface area (Å²) in [4.78, 5) is 0. The van der Waals surface area contributed by atoms with Gasteiger partial charge in [-0.15, -0.1) is 12.1 Å². The van der Waals surface area contributed by atoms with Crippen LogP contribution in [0.5, 0.6) is 5.75 Å². The fourth-order valence-electron chi connectivity index (χ4n) is 1.44. The van der Waals surface area contributed by atoms with Crippen molar-refractivity contribution in [2.45, 2.75) is 18.9 Å². The number of hydrogen-bond donors (Lipinski definition) is 0. The Hall–Kier alpha value is -0.423. The van der Waals surface area contributed by atoms with E-state index >= 15 is 0 Å². The van der Waals surface area contributed by atoms with Crippen molar-refractivity contribution in [1.82, 2.24) is 0 Å². The van der Waals surface area contributed by atoms with Crippen LogP contribution >= 0.6 is 0 Å². The fourth-order valence-corrected chi connectivity index (χ4v) is 1.44. The van der Waals surface area contributed by atoms with Gasteiger partial charge in [-0.3, -0.25) is 0 Å². The Kier molecular flexibility index (Phi) is 5.11. The Labute approximate surface area is 96.8 Å². The van der Waals surface area contributed by atoms with Crippen LogP contribution in [0.25, 0.3) is 0 Å². The van der Waals surface area contributed by atoms with Crippen LogP contribution < -0.4 is 23.6 Å². The molecule has 1 aliphatic rings. The second-order valence-corrected chi connectivity index (χ2v) is 3.17. The standard InChI is InChI=1S/C11H13O2.Li/c1-2-4-10(5-3-1)13-11-6-8-12-9-7-11;/h2-5,11H,6-9H2;/q-1;+1. The van der Waals surface area contributed by atoms with Gasteiger partial charge in [0.2, 0.25) is 0 Å². The Balaban J connectivity index is 0.000000980. The van der Waals surface area contributed by atoms with Gasteiger partial charge in [-0.25, -0.2) is 0 Å². The number of ether oxygens (including phenoxy) is 2. The van der Waals surface area contributed by atoms with Gasteiger partial charge in [0.25, 0.3) is 0 Å². The minimum atomic E-state index is 0. The summed E-state index contributed by atoms with van der Waals surface area (Å²) in [7, 11) is 0. The van der Waals surface area contributed by atoms with E-state index < -0.39 is 0 Å². The van der Waals surface area contributed by atoms with Crippen LogP contribution in [0.3, 0.4) is 0 Å². The van der Waals surface area contributed by atoms with Gasteiger partial charge in [0.1, 0.15) is 0 Å². The van der Waals surface area contributed by atoms with Gasteiger partial charge in [0.05, 0.1) is 19.3 Å². The van der Waals surface area contributed by atoms with Crippen molar-refractivity contribution in [2.24, 2.45) is 0 Å². The van der Waals surface area contributed by atoms with Gasteiger partial charge in [-0.2, -0.15) is 18.2 Å². The molecule has 3 heteroatoms. The Morgan fingerprint density at radius 2 is 1.86 bits per heavy atom.